The van der Waals surface area contributed by atoms with Gasteiger partial charge in [0.2, 0.25) is 5.88 Å². The molecule has 2 heterocycles. The fourth-order valence-corrected chi connectivity index (χ4v) is 3.25. The number of aromatic amines is 1. The largest absolute Gasteiger partial charge is 0.493 e. The van der Waals surface area contributed by atoms with E-state index in [9.17, 15) is 9.90 Å². The molecular weight excluding hydrogens is 470 g/mol. The first kappa shape index (κ1) is 22.1. The van der Waals surface area contributed by atoms with Gasteiger partial charge in [0.1, 0.15) is 22.2 Å². The molecule has 0 atom stereocenters. The number of hydrogen-bond acceptors (Lipinski definition) is 5. The van der Waals surface area contributed by atoms with Gasteiger partial charge in [-0.2, -0.15) is 0 Å². The van der Waals surface area contributed by atoms with Crippen LogP contribution in [0.5, 0.6) is 5.88 Å². The van der Waals surface area contributed by atoms with E-state index in [-0.39, 0.29) is 17.0 Å². The molecule has 0 aliphatic rings. The van der Waals surface area contributed by atoms with E-state index >= 15 is 0 Å². The van der Waals surface area contributed by atoms with Crippen molar-refractivity contribution in [2.24, 2.45) is 0 Å². The normalized spacial score (nSPS) is 10.3. The second-order valence-corrected chi connectivity index (χ2v) is 7.36. The average molecular weight is 482 g/mol. The van der Waals surface area contributed by atoms with Crippen molar-refractivity contribution in [3.05, 3.63) is 91.9 Å². The van der Waals surface area contributed by atoms with E-state index in [4.69, 9.17) is 46.4 Å². The van der Waals surface area contributed by atoms with Crippen molar-refractivity contribution in [1.82, 2.24) is 19.9 Å². The summed E-state index contributed by atoms with van der Waals surface area (Å²) in [4.78, 5) is 25.2. The van der Waals surface area contributed by atoms with Gasteiger partial charge in [-0.15, -0.1) is 0 Å². The molecule has 0 unspecified atom stereocenters. The zero-order valence-electron chi connectivity index (χ0n) is 15.0. The number of halogens is 4. The van der Waals surface area contributed by atoms with E-state index in [1.807, 2.05) is 12.1 Å². The predicted octanol–water partition coefficient (Wildman–Crippen LogP) is 5.90. The molecule has 10 heteroatoms. The van der Waals surface area contributed by atoms with E-state index in [1.165, 1.54) is 6.33 Å². The lowest BCUT2D eigenvalue weighted by Crippen LogP contribution is -2.08. The quantitative estimate of drug-likeness (QED) is 0.348. The molecule has 4 aromatic rings. The van der Waals surface area contributed by atoms with Crippen LogP contribution in [-0.2, 0) is 0 Å². The fourth-order valence-electron chi connectivity index (χ4n) is 2.47. The summed E-state index contributed by atoms with van der Waals surface area (Å²) in [5.41, 5.74) is 1.80. The van der Waals surface area contributed by atoms with Gasteiger partial charge < -0.3 is 10.1 Å². The standard InChI is InChI=1S/C10H5Cl3N2.C10H7ClN2O2/c11-7-3-1-6(2-4-7)8-9(12)14-5-15-10(8)13;11-7-3-1-6(2-4-7)8-9(14)12-5-13-10(8)15/h1-5H;1-5H,(H2,12,13,14,15). The van der Waals surface area contributed by atoms with E-state index in [0.717, 1.165) is 11.9 Å². The second-order valence-electron chi connectivity index (χ2n) is 5.77. The number of benzene rings is 2. The van der Waals surface area contributed by atoms with E-state index < -0.39 is 0 Å². The molecule has 0 saturated carbocycles. The van der Waals surface area contributed by atoms with Gasteiger partial charge in [0.25, 0.3) is 5.56 Å². The van der Waals surface area contributed by atoms with Crippen LogP contribution in [0.15, 0.2) is 66.0 Å². The maximum absolute atomic E-state index is 11.4. The number of hydrogen-bond donors (Lipinski definition) is 2. The maximum Gasteiger partial charge on any atom is 0.262 e. The van der Waals surface area contributed by atoms with Crippen molar-refractivity contribution in [3.63, 3.8) is 0 Å². The molecular formula is C20H12Cl4N4O2. The van der Waals surface area contributed by atoms with Crippen LogP contribution >= 0.6 is 46.4 Å². The molecule has 6 nitrogen and oxygen atoms in total. The van der Waals surface area contributed by atoms with Crippen molar-refractivity contribution in [1.29, 1.82) is 0 Å². The Hall–Kier alpha value is -2.64. The summed E-state index contributed by atoms with van der Waals surface area (Å²) in [5, 5.41) is 11.3. The Bertz CT molecular complexity index is 1190. The highest BCUT2D eigenvalue weighted by atomic mass is 35.5. The van der Waals surface area contributed by atoms with Crippen molar-refractivity contribution in [2.45, 2.75) is 0 Å². The molecule has 0 amide bonds. The number of nitrogens with one attached hydrogen (secondary N) is 1. The minimum atomic E-state index is -0.384. The summed E-state index contributed by atoms with van der Waals surface area (Å²) in [5.74, 6) is -0.291. The lowest BCUT2D eigenvalue weighted by Gasteiger charge is -2.04. The van der Waals surface area contributed by atoms with Crippen molar-refractivity contribution in [2.75, 3.05) is 0 Å². The first-order valence-electron chi connectivity index (χ1n) is 8.31. The molecule has 0 aliphatic carbocycles. The van der Waals surface area contributed by atoms with Crippen LogP contribution in [0, 0.1) is 0 Å². The Labute approximate surface area is 191 Å². The zero-order chi connectivity index (χ0) is 21.7. The van der Waals surface area contributed by atoms with Gasteiger partial charge in [0, 0.05) is 10.0 Å². The zero-order valence-corrected chi connectivity index (χ0v) is 18.0. The van der Waals surface area contributed by atoms with Gasteiger partial charge in [0.15, 0.2) is 0 Å². The smallest absolute Gasteiger partial charge is 0.262 e. The number of aromatic hydroxyl groups is 1. The van der Waals surface area contributed by atoms with E-state index in [0.29, 0.717) is 31.5 Å². The fraction of sp³-hybridized carbons (Fsp3) is 0. The third-order valence-electron chi connectivity index (χ3n) is 3.85. The van der Waals surface area contributed by atoms with E-state index in [1.54, 1.807) is 36.4 Å². The summed E-state index contributed by atoms with van der Waals surface area (Å²) in [6.45, 7) is 0. The number of rotatable bonds is 2. The molecule has 2 aromatic carbocycles. The molecule has 0 radical (unpaired) electrons. The highest BCUT2D eigenvalue weighted by molar-refractivity contribution is 6.37. The van der Waals surface area contributed by atoms with Crippen LogP contribution < -0.4 is 5.56 Å². The van der Waals surface area contributed by atoms with Crippen LogP contribution in [0.2, 0.25) is 20.4 Å². The van der Waals surface area contributed by atoms with Crippen LogP contribution in [0.3, 0.4) is 0 Å². The molecule has 0 aliphatic heterocycles. The van der Waals surface area contributed by atoms with Gasteiger partial charge in [0.05, 0.1) is 11.9 Å². The highest BCUT2D eigenvalue weighted by Crippen LogP contribution is 2.32. The lowest BCUT2D eigenvalue weighted by molar-refractivity contribution is 0.453. The molecule has 30 heavy (non-hydrogen) atoms. The third-order valence-corrected chi connectivity index (χ3v) is 4.93. The average Bonchev–Trinajstić information content (AvgIpc) is 2.71. The molecule has 152 valence electrons. The molecule has 0 spiro atoms. The molecule has 0 bridgehead atoms. The monoisotopic (exact) mass is 480 g/mol. The first-order valence-corrected chi connectivity index (χ1v) is 9.82. The summed E-state index contributed by atoms with van der Waals surface area (Å²) >= 11 is 23.4. The highest BCUT2D eigenvalue weighted by Gasteiger charge is 2.10. The van der Waals surface area contributed by atoms with Gasteiger partial charge in [-0.1, -0.05) is 70.7 Å². The molecule has 2 N–H and O–H groups in total. The Morgan fingerprint density at radius 2 is 1.17 bits per heavy atom. The minimum absolute atomic E-state index is 0.147. The second kappa shape index (κ2) is 9.91. The van der Waals surface area contributed by atoms with Gasteiger partial charge in [-0.05, 0) is 35.4 Å². The van der Waals surface area contributed by atoms with E-state index in [2.05, 4.69) is 19.9 Å². The van der Waals surface area contributed by atoms with Gasteiger partial charge >= 0.3 is 0 Å². The molecule has 4 rings (SSSR count). The van der Waals surface area contributed by atoms with Crippen molar-refractivity contribution in [3.8, 4) is 28.1 Å². The number of aromatic nitrogens is 4. The van der Waals surface area contributed by atoms with Crippen molar-refractivity contribution < 1.29 is 5.11 Å². The Morgan fingerprint density at radius 1 is 0.700 bits per heavy atom. The topological polar surface area (TPSA) is 91.8 Å². The van der Waals surface area contributed by atoms with Gasteiger partial charge in [-0.3, -0.25) is 4.79 Å². The third kappa shape index (κ3) is 5.29. The van der Waals surface area contributed by atoms with Gasteiger partial charge in [-0.25, -0.2) is 15.0 Å². The Kier molecular flexibility index (Phi) is 7.29. The molecule has 0 fully saturated rings. The Morgan fingerprint density at radius 3 is 1.63 bits per heavy atom. The van der Waals surface area contributed by atoms with Crippen LogP contribution in [0.4, 0.5) is 0 Å². The minimum Gasteiger partial charge on any atom is -0.493 e. The number of nitrogens with zero attached hydrogens (tertiary/aromatic N) is 3. The predicted molar refractivity (Wildman–Crippen MR) is 119 cm³/mol. The molecule has 2 aromatic heterocycles. The maximum atomic E-state index is 11.4. The lowest BCUT2D eigenvalue weighted by atomic mass is 10.1. The van der Waals surface area contributed by atoms with Crippen LogP contribution in [0.25, 0.3) is 22.3 Å². The SMILES string of the molecule is Clc1ccc(-c2c(Cl)ncnc2Cl)cc1.O=c1[nH]cnc(O)c1-c1ccc(Cl)cc1. The summed E-state index contributed by atoms with van der Waals surface area (Å²) in [7, 11) is 0. The summed E-state index contributed by atoms with van der Waals surface area (Å²) in [6.07, 6.45) is 2.47. The Balaban J connectivity index is 0.000000171. The number of H-pyrrole nitrogens is 1. The van der Waals surface area contributed by atoms with Crippen molar-refractivity contribution >= 4 is 46.4 Å². The first-order chi connectivity index (χ1) is 14.4. The van der Waals surface area contributed by atoms with Crippen LogP contribution in [0.1, 0.15) is 0 Å². The summed E-state index contributed by atoms with van der Waals surface area (Å²) < 4.78 is 0. The summed E-state index contributed by atoms with van der Waals surface area (Å²) in [6, 6.07) is 13.7. The molecule has 0 saturated heterocycles. The van der Waals surface area contributed by atoms with Crippen LogP contribution in [-0.4, -0.2) is 25.0 Å².